The van der Waals surface area contributed by atoms with Crippen LogP contribution in [0, 0.1) is 32.1 Å². The van der Waals surface area contributed by atoms with Crippen molar-refractivity contribution in [2.45, 2.75) is 20.8 Å². The third kappa shape index (κ3) is 7.28. The number of carbonyl (C=O) groups excluding carboxylic acids is 2. The van der Waals surface area contributed by atoms with Crippen LogP contribution in [0.5, 0.6) is 5.75 Å². The predicted molar refractivity (Wildman–Crippen MR) is 145 cm³/mol. The third-order valence-electron chi connectivity index (χ3n) is 5.01. The maximum atomic E-state index is 12.7. The van der Waals surface area contributed by atoms with Crippen LogP contribution < -0.4 is 15.4 Å². The van der Waals surface area contributed by atoms with Gasteiger partial charge < -0.3 is 15.4 Å². The van der Waals surface area contributed by atoms with E-state index >= 15 is 0 Å². The number of halogens is 2. The van der Waals surface area contributed by atoms with Gasteiger partial charge in [-0.3, -0.25) is 9.59 Å². The average molecular weight is 597 g/mol. The topological polar surface area (TPSA) is 91.2 Å². The van der Waals surface area contributed by atoms with Gasteiger partial charge in [-0.15, -0.1) is 0 Å². The second kappa shape index (κ2) is 11.8. The fourth-order valence-corrected chi connectivity index (χ4v) is 4.68. The number of nitriles is 1. The molecule has 178 valence electrons. The SMILES string of the molecule is Cc1ccc(NC(=O)COc2c(Br)cc(/C=C(\C#N)C(=O)Nc3ccc(C)cc3C)cc2Br)cc1. The number of nitrogens with one attached hydrogen (secondary N) is 2. The predicted octanol–water partition coefficient (Wildman–Crippen LogP) is 6.70. The maximum absolute atomic E-state index is 12.7. The second-order valence-corrected chi connectivity index (χ2v) is 9.67. The number of benzene rings is 3. The highest BCUT2D eigenvalue weighted by molar-refractivity contribution is 9.11. The zero-order chi connectivity index (χ0) is 25.5. The summed E-state index contributed by atoms with van der Waals surface area (Å²) in [5.74, 6) is -0.370. The number of rotatable bonds is 7. The molecule has 0 fully saturated rings. The third-order valence-corrected chi connectivity index (χ3v) is 6.19. The number of hydrogen-bond donors (Lipinski definition) is 2. The van der Waals surface area contributed by atoms with Crippen LogP contribution in [-0.4, -0.2) is 18.4 Å². The molecule has 0 heterocycles. The fraction of sp³-hybridized carbons (Fsp3) is 0.148. The zero-order valence-electron chi connectivity index (χ0n) is 19.4. The molecule has 6 nitrogen and oxygen atoms in total. The lowest BCUT2D eigenvalue weighted by Crippen LogP contribution is -2.20. The summed E-state index contributed by atoms with van der Waals surface area (Å²) in [7, 11) is 0. The Bertz CT molecular complexity index is 1320. The quantitative estimate of drug-likeness (QED) is 0.234. The van der Waals surface area contributed by atoms with Crippen molar-refractivity contribution >= 4 is 61.1 Å². The highest BCUT2D eigenvalue weighted by atomic mass is 79.9. The molecule has 35 heavy (non-hydrogen) atoms. The van der Waals surface area contributed by atoms with Crippen LogP contribution in [-0.2, 0) is 9.59 Å². The monoisotopic (exact) mass is 595 g/mol. The first-order chi connectivity index (χ1) is 16.7. The number of anilines is 2. The van der Waals surface area contributed by atoms with Gasteiger partial charge in [-0.2, -0.15) is 5.26 Å². The van der Waals surface area contributed by atoms with Crippen LogP contribution in [0.25, 0.3) is 6.08 Å². The number of hydrogen-bond acceptors (Lipinski definition) is 4. The number of ether oxygens (including phenoxy) is 1. The molecule has 0 unspecified atom stereocenters. The zero-order valence-corrected chi connectivity index (χ0v) is 22.6. The fourth-order valence-electron chi connectivity index (χ4n) is 3.23. The van der Waals surface area contributed by atoms with E-state index in [2.05, 4.69) is 42.5 Å². The lowest BCUT2D eigenvalue weighted by atomic mass is 10.1. The first kappa shape index (κ1) is 26.2. The molecule has 0 aliphatic carbocycles. The van der Waals surface area contributed by atoms with Crippen molar-refractivity contribution in [3.63, 3.8) is 0 Å². The number of aryl methyl sites for hydroxylation is 3. The van der Waals surface area contributed by atoms with E-state index in [0.29, 0.717) is 31.6 Å². The molecule has 3 aromatic carbocycles. The van der Waals surface area contributed by atoms with Gasteiger partial charge in [0.15, 0.2) is 6.61 Å². The second-order valence-electron chi connectivity index (χ2n) is 7.96. The van der Waals surface area contributed by atoms with Gasteiger partial charge in [0.05, 0.1) is 8.95 Å². The van der Waals surface area contributed by atoms with E-state index in [1.165, 1.54) is 6.08 Å². The van der Waals surface area contributed by atoms with Gasteiger partial charge in [0.25, 0.3) is 11.8 Å². The summed E-state index contributed by atoms with van der Waals surface area (Å²) in [5, 5.41) is 15.1. The van der Waals surface area contributed by atoms with Crippen molar-refractivity contribution < 1.29 is 14.3 Å². The summed E-state index contributed by atoms with van der Waals surface area (Å²) < 4.78 is 6.82. The number of carbonyl (C=O) groups is 2. The highest BCUT2D eigenvalue weighted by Crippen LogP contribution is 2.35. The Labute approximate surface area is 221 Å². The van der Waals surface area contributed by atoms with Crippen LogP contribution >= 0.6 is 31.9 Å². The Morgan fingerprint density at radius 3 is 2.17 bits per heavy atom. The van der Waals surface area contributed by atoms with Gasteiger partial charge >= 0.3 is 0 Å². The van der Waals surface area contributed by atoms with Crippen LogP contribution in [0.2, 0.25) is 0 Å². The normalized spacial score (nSPS) is 10.9. The van der Waals surface area contributed by atoms with Crippen molar-refractivity contribution in [2.24, 2.45) is 0 Å². The van der Waals surface area contributed by atoms with Gasteiger partial charge in [0.1, 0.15) is 17.4 Å². The van der Waals surface area contributed by atoms with Crippen LogP contribution in [0.15, 0.2) is 69.1 Å². The van der Waals surface area contributed by atoms with Crippen LogP contribution in [0.1, 0.15) is 22.3 Å². The average Bonchev–Trinajstić information content (AvgIpc) is 2.80. The molecule has 3 aromatic rings. The largest absolute Gasteiger partial charge is 0.481 e. The lowest BCUT2D eigenvalue weighted by molar-refractivity contribution is -0.118. The summed E-state index contributed by atoms with van der Waals surface area (Å²) in [6.45, 7) is 5.65. The lowest BCUT2D eigenvalue weighted by Gasteiger charge is -2.12. The minimum Gasteiger partial charge on any atom is -0.481 e. The molecule has 8 heteroatoms. The molecule has 0 saturated carbocycles. The summed E-state index contributed by atoms with van der Waals surface area (Å²) >= 11 is 6.88. The van der Waals surface area contributed by atoms with Gasteiger partial charge in [0.2, 0.25) is 0 Å². The van der Waals surface area contributed by atoms with E-state index in [1.807, 2.05) is 69.3 Å². The first-order valence-electron chi connectivity index (χ1n) is 10.6. The Balaban J connectivity index is 1.70. The first-order valence-corrected chi connectivity index (χ1v) is 12.2. The van der Waals surface area contributed by atoms with Gasteiger partial charge in [-0.05, 0) is 100 Å². The standard InChI is InChI=1S/C27H23Br2N3O3/c1-16-4-7-21(8-5-16)31-25(33)15-35-26-22(28)12-19(13-23(26)29)11-20(14-30)27(34)32-24-9-6-17(2)10-18(24)3/h4-13H,15H2,1-3H3,(H,31,33)(H,32,34)/b20-11+. The van der Waals surface area contributed by atoms with Crippen molar-refractivity contribution in [1.29, 1.82) is 5.26 Å². The maximum Gasteiger partial charge on any atom is 0.266 e. The van der Waals surface area contributed by atoms with Crippen molar-refractivity contribution in [1.82, 2.24) is 0 Å². The molecule has 0 aromatic heterocycles. The minimum atomic E-state index is -0.500. The Hall–Kier alpha value is -3.41. The van der Waals surface area contributed by atoms with E-state index in [9.17, 15) is 14.9 Å². The molecule has 0 aliphatic heterocycles. The summed E-state index contributed by atoms with van der Waals surface area (Å²) in [6, 6.07) is 18.5. The summed E-state index contributed by atoms with van der Waals surface area (Å²) in [6.07, 6.45) is 1.49. The van der Waals surface area contributed by atoms with Crippen molar-refractivity contribution in [2.75, 3.05) is 17.2 Å². The number of nitrogens with zero attached hydrogens (tertiary/aromatic N) is 1. The molecule has 0 radical (unpaired) electrons. The Morgan fingerprint density at radius 1 is 0.943 bits per heavy atom. The molecule has 3 rings (SSSR count). The molecule has 2 N–H and O–H groups in total. The van der Waals surface area contributed by atoms with Crippen molar-refractivity contribution in [3.8, 4) is 11.8 Å². The highest BCUT2D eigenvalue weighted by Gasteiger charge is 2.14. The molecular weight excluding hydrogens is 574 g/mol. The number of amides is 2. The van der Waals surface area contributed by atoms with Gasteiger partial charge in [-0.25, -0.2) is 0 Å². The van der Waals surface area contributed by atoms with E-state index in [4.69, 9.17) is 4.74 Å². The smallest absolute Gasteiger partial charge is 0.266 e. The van der Waals surface area contributed by atoms with Gasteiger partial charge in [-0.1, -0.05) is 35.4 Å². The molecule has 2 amide bonds. The molecule has 0 spiro atoms. The Morgan fingerprint density at radius 2 is 1.57 bits per heavy atom. The molecule has 0 aliphatic rings. The van der Waals surface area contributed by atoms with Crippen LogP contribution in [0.4, 0.5) is 11.4 Å². The summed E-state index contributed by atoms with van der Waals surface area (Å²) in [4.78, 5) is 24.9. The van der Waals surface area contributed by atoms with E-state index in [0.717, 1.165) is 16.7 Å². The van der Waals surface area contributed by atoms with E-state index in [1.54, 1.807) is 12.1 Å². The minimum absolute atomic E-state index is 0.0464. The molecular formula is C27H23Br2N3O3. The molecule has 0 saturated heterocycles. The van der Waals surface area contributed by atoms with Gasteiger partial charge in [0, 0.05) is 11.4 Å². The van der Waals surface area contributed by atoms with E-state index < -0.39 is 5.91 Å². The molecule has 0 bridgehead atoms. The van der Waals surface area contributed by atoms with Crippen LogP contribution in [0.3, 0.4) is 0 Å². The Kier molecular flexibility index (Phi) is 8.85. The molecule has 0 atom stereocenters. The summed E-state index contributed by atoms with van der Waals surface area (Å²) in [5.41, 5.74) is 4.99. The van der Waals surface area contributed by atoms with E-state index in [-0.39, 0.29) is 18.1 Å². The van der Waals surface area contributed by atoms with Crippen molar-refractivity contribution in [3.05, 3.63) is 91.4 Å².